The van der Waals surface area contributed by atoms with Crippen molar-refractivity contribution in [1.82, 2.24) is 9.80 Å². The van der Waals surface area contributed by atoms with Crippen LogP contribution in [0.3, 0.4) is 0 Å². The zero-order chi connectivity index (χ0) is 9.84. The maximum Gasteiger partial charge on any atom is 0.0345 e. The standard InChI is InChI=1S/C10H23N3/c1-4-13-6-5-9(2)12(3)10(7-11)8-13/h9-10H,4-8,11H2,1-3H3. The van der Waals surface area contributed by atoms with E-state index in [-0.39, 0.29) is 0 Å². The molecule has 1 aliphatic rings. The molecule has 1 fully saturated rings. The Kier molecular flexibility index (Phi) is 4.16. The summed E-state index contributed by atoms with van der Waals surface area (Å²) < 4.78 is 0. The van der Waals surface area contributed by atoms with E-state index in [2.05, 4.69) is 30.7 Å². The smallest absolute Gasteiger partial charge is 0.0345 e. The van der Waals surface area contributed by atoms with Gasteiger partial charge in [0.2, 0.25) is 0 Å². The molecule has 2 N–H and O–H groups in total. The zero-order valence-corrected chi connectivity index (χ0v) is 9.16. The van der Waals surface area contributed by atoms with Crippen molar-refractivity contribution in [2.45, 2.75) is 32.4 Å². The van der Waals surface area contributed by atoms with Gasteiger partial charge in [0.05, 0.1) is 0 Å². The summed E-state index contributed by atoms with van der Waals surface area (Å²) in [5, 5.41) is 0. The summed E-state index contributed by atoms with van der Waals surface area (Å²) >= 11 is 0. The first-order valence-electron chi connectivity index (χ1n) is 5.33. The van der Waals surface area contributed by atoms with Gasteiger partial charge in [-0.2, -0.15) is 0 Å². The van der Waals surface area contributed by atoms with Crippen molar-refractivity contribution in [3.63, 3.8) is 0 Å². The fourth-order valence-electron chi connectivity index (χ4n) is 1.98. The molecule has 0 bridgehead atoms. The first kappa shape index (κ1) is 11.0. The summed E-state index contributed by atoms with van der Waals surface area (Å²) in [6.45, 7) is 8.80. The summed E-state index contributed by atoms with van der Waals surface area (Å²) in [5.41, 5.74) is 5.77. The average Bonchev–Trinajstić information content (AvgIpc) is 2.29. The molecule has 0 radical (unpaired) electrons. The number of nitrogens with two attached hydrogens (primary N) is 1. The summed E-state index contributed by atoms with van der Waals surface area (Å²) in [7, 11) is 2.20. The molecule has 0 spiro atoms. The van der Waals surface area contributed by atoms with Crippen LogP contribution < -0.4 is 5.73 Å². The third-order valence-electron chi connectivity index (χ3n) is 3.32. The van der Waals surface area contributed by atoms with Gasteiger partial charge < -0.3 is 10.6 Å². The lowest BCUT2D eigenvalue weighted by atomic mass is 10.2. The minimum absolute atomic E-state index is 0.539. The summed E-state index contributed by atoms with van der Waals surface area (Å²) in [6.07, 6.45) is 1.26. The maximum atomic E-state index is 5.77. The van der Waals surface area contributed by atoms with Crippen LogP contribution in [0.1, 0.15) is 20.3 Å². The molecule has 2 unspecified atom stereocenters. The molecule has 1 saturated heterocycles. The number of nitrogens with zero attached hydrogens (tertiary/aromatic N) is 2. The molecular formula is C10H23N3. The Morgan fingerprint density at radius 3 is 2.69 bits per heavy atom. The summed E-state index contributed by atoms with van der Waals surface area (Å²) in [6, 6.07) is 1.21. The highest BCUT2D eigenvalue weighted by Crippen LogP contribution is 2.12. The van der Waals surface area contributed by atoms with E-state index in [0.717, 1.165) is 19.6 Å². The van der Waals surface area contributed by atoms with E-state index in [0.29, 0.717) is 12.1 Å². The van der Waals surface area contributed by atoms with E-state index in [4.69, 9.17) is 5.73 Å². The molecule has 3 heteroatoms. The van der Waals surface area contributed by atoms with Gasteiger partial charge in [0.15, 0.2) is 0 Å². The minimum atomic E-state index is 0.539. The molecule has 0 saturated carbocycles. The number of hydrogen-bond acceptors (Lipinski definition) is 3. The van der Waals surface area contributed by atoms with Gasteiger partial charge in [-0.25, -0.2) is 0 Å². The van der Waals surface area contributed by atoms with Gasteiger partial charge in [0.25, 0.3) is 0 Å². The molecule has 1 aliphatic heterocycles. The van der Waals surface area contributed by atoms with Crippen molar-refractivity contribution >= 4 is 0 Å². The molecular weight excluding hydrogens is 162 g/mol. The van der Waals surface area contributed by atoms with Gasteiger partial charge in [-0.3, -0.25) is 4.90 Å². The van der Waals surface area contributed by atoms with Crippen LogP contribution in [0.2, 0.25) is 0 Å². The summed E-state index contributed by atoms with van der Waals surface area (Å²) in [4.78, 5) is 4.92. The van der Waals surface area contributed by atoms with E-state index in [9.17, 15) is 0 Å². The highest BCUT2D eigenvalue weighted by atomic mass is 15.2. The van der Waals surface area contributed by atoms with Gasteiger partial charge in [0.1, 0.15) is 0 Å². The fourth-order valence-corrected chi connectivity index (χ4v) is 1.98. The van der Waals surface area contributed by atoms with Gasteiger partial charge in [-0.1, -0.05) is 6.92 Å². The van der Waals surface area contributed by atoms with Crippen molar-refractivity contribution in [3.05, 3.63) is 0 Å². The Morgan fingerprint density at radius 2 is 2.15 bits per heavy atom. The Bertz CT molecular complexity index is 149. The van der Waals surface area contributed by atoms with Gasteiger partial charge in [-0.15, -0.1) is 0 Å². The van der Waals surface area contributed by atoms with Crippen molar-refractivity contribution < 1.29 is 0 Å². The van der Waals surface area contributed by atoms with E-state index >= 15 is 0 Å². The first-order chi connectivity index (χ1) is 6.19. The number of hydrogen-bond donors (Lipinski definition) is 1. The highest BCUT2D eigenvalue weighted by molar-refractivity contribution is 4.82. The largest absolute Gasteiger partial charge is 0.329 e. The Balaban J connectivity index is 2.58. The zero-order valence-electron chi connectivity index (χ0n) is 9.16. The Morgan fingerprint density at radius 1 is 1.46 bits per heavy atom. The van der Waals surface area contributed by atoms with Crippen molar-refractivity contribution in [2.24, 2.45) is 5.73 Å². The molecule has 2 atom stereocenters. The molecule has 0 aromatic rings. The first-order valence-corrected chi connectivity index (χ1v) is 5.33. The molecule has 0 amide bonds. The predicted molar refractivity (Wildman–Crippen MR) is 56.8 cm³/mol. The number of likely N-dealkylation sites (N-methyl/N-ethyl adjacent to an activating group) is 2. The summed E-state index contributed by atoms with van der Waals surface area (Å²) in [5.74, 6) is 0. The molecule has 13 heavy (non-hydrogen) atoms. The Hall–Kier alpha value is -0.120. The highest BCUT2D eigenvalue weighted by Gasteiger charge is 2.24. The fraction of sp³-hybridized carbons (Fsp3) is 1.00. The van der Waals surface area contributed by atoms with E-state index in [1.807, 2.05) is 0 Å². The number of rotatable bonds is 2. The second-order valence-electron chi connectivity index (χ2n) is 4.09. The van der Waals surface area contributed by atoms with Gasteiger partial charge in [0, 0.05) is 25.2 Å². The predicted octanol–water partition coefficient (Wildman–Crippen LogP) is 0.360. The SMILES string of the molecule is CCN1CCC(C)N(C)C(CN)C1. The van der Waals surface area contributed by atoms with Gasteiger partial charge in [-0.05, 0) is 33.5 Å². The minimum Gasteiger partial charge on any atom is -0.329 e. The van der Waals surface area contributed by atoms with Gasteiger partial charge >= 0.3 is 0 Å². The van der Waals surface area contributed by atoms with E-state index in [1.165, 1.54) is 13.0 Å². The molecule has 0 aromatic heterocycles. The van der Waals surface area contributed by atoms with E-state index < -0.39 is 0 Å². The second-order valence-corrected chi connectivity index (χ2v) is 4.09. The van der Waals surface area contributed by atoms with E-state index in [1.54, 1.807) is 0 Å². The lowest BCUT2D eigenvalue weighted by molar-refractivity contribution is 0.182. The topological polar surface area (TPSA) is 32.5 Å². The van der Waals surface area contributed by atoms with Crippen LogP contribution in [0.4, 0.5) is 0 Å². The quantitative estimate of drug-likeness (QED) is 0.674. The van der Waals surface area contributed by atoms with Crippen LogP contribution in [0, 0.1) is 0 Å². The molecule has 78 valence electrons. The lowest BCUT2D eigenvalue weighted by Crippen LogP contribution is -2.46. The Labute approximate surface area is 81.9 Å². The average molecular weight is 185 g/mol. The molecule has 0 aliphatic carbocycles. The van der Waals surface area contributed by atoms with Crippen LogP contribution in [-0.4, -0.2) is 55.1 Å². The third-order valence-corrected chi connectivity index (χ3v) is 3.32. The molecule has 3 nitrogen and oxygen atoms in total. The van der Waals surface area contributed by atoms with Crippen molar-refractivity contribution in [2.75, 3.05) is 33.2 Å². The molecule has 1 rings (SSSR count). The van der Waals surface area contributed by atoms with Crippen LogP contribution >= 0.6 is 0 Å². The maximum absolute atomic E-state index is 5.77. The van der Waals surface area contributed by atoms with Crippen LogP contribution in [0.15, 0.2) is 0 Å². The lowest BCUT2D eigenvalue weighted by Gasteiger charge is -2.30. The van der Waals surface area contributed by atoms with Crippen LogP contribution in [0.25, 0.3) is 0 Å². The van der Waals surface area contributed by atoms with Crippen LogP contribution in [-0.2, 0) is 0 Å². The van der Waals surface area contributed by atoms with Crippen molar-refractivity contribution in [3.8, 4) is 0 Å². The normalized spacial score (nSPS) is 33.2. The molecule has 0 aromatic carbocycles. The molecule has 1 heterocycles. The second kappa shape index (κ2) is 4.94. The third kappa shape index (κ3) is 2.66. The van der Waals surface area contributed by atoms with Crippen molar-refractivity contribution in [1.29, 1.82) is 0 Å². The van der Waals surface area contributed by atoms with Crippen LogP contribution in [0.5, 0.6) is 0 Å². The monoisotopic (exact) mass is 185 g/mol.